The number of nitrogens with zero attached hydrogens (tertiary/aromatic N) is 1. The maximum Gasteiger partial charge on any atom is 0.315 e. The zero-order valence-electron chi connectivity index (χ0n) is 16.5. The van der Waals surface area contributed by atoms with Gasteiger partial charge in [0.25, 0.3) is 0 Å². The molecule has 0 aliphatic heterocycles. The highest BCUT2D eigenvalue weighted by Gasteiger charge is 2.17. The van der Waals surface area contributed by atoms with Gasteiger partial charge in [0.1, 0.15) is 0 Å². The number of hydrogen-bond acceptors (Lipinski definition) is 4. The molecule has 2 N–H and O–H groups in total. The molecule has 0 heterocycles. The first-order valence-electron chi connectivity index (χ1n) is 9.81. The maximum absolute atomic E-state index is 11.9. The summed E-state index contributed by atoms with van der Waals surface area (Å²) in [4.78, 5) is 14.3. The Morgan fingerprint density at radius 3 is 2.33 bits per heavy atom. The van der Waals surface area contributed by atoms with Crippen molar-refractivity contribution in [1.29, 1.82) is 0 Å². The van der Waals surface area contributed by atoms with E-state index in [4.69, 9.17) is 0 Å². The summed E-state index contributed by atoms with van der Waals surface area (Å²) in [5, 5.41) is 5.73. The second kappa shape index (κ2) is 10.7. The summed E-state index contributed by atoms with van der Waals surface area (Å²) < 4.78 is 22.6. The largest absolute Gasteiger partial charge is 0.338 e. The van der Waals surface area contributed by atoms with E-state index >= 15 is 0 Å². The highest BCUT2D eigenvalue weighted by Crippen LogP contribution is 2.21. The van der Waals surface area contributed by atoms with Gasteiger partial charge in [-0.1, -0.05) is 43.5 Å². The second-order valence-electron chi connectivity index (χ2n) is 7.62. The molecule has 1 saturated carbocycles. The number of sulfone groups is 1. The lowest BCUT2D eigenvalue weighted by Crippen LogP contribution is -2.38. The summed E-state index contributed by atoms with van der Waals surface area (Å²) in [5.74, 6) is 0.0382. The van der Waals surface area contributed by atoms with Gasteiger partial charge in [-0.15, -0.1) is 0 Å². The molecule has 2 amide bonds. The van der Waals surface area contributed by atoms with Gasteiger partial charge in [0, 0.05) is 25.4 Å². The lowest BCUT2D eigenvalue weighted by atomic mass is 9.94. The minimum absolute atomic E-state index is 0.0382. The van der Waals surface area contributed by atoms with Crippen LogP contribution in [0.4, 0.5) is 4.79 Å². The molecule has 0 spiro atoms. The second-order valence-corrected chi connectivity index (χ2v) is 9.76. The summed E-state index contributed by atoms with van der Waals surface area (Å²) >= 11 is 0. The molecule has 1 fully saturated rings. The van der Waals surface area contributed by atoms with Crippen molar-refractivity contribution < 1.29 is 13.2 Å². The summed E-state index contributed by atoms with van der Waals surface area (Å²) in [6, 6.07) is 7.81. The van der Waals surface area contributed by atoms with Gasteiger partial charge in [-0.25, -0.2) is 13.2 Å². The van der Waals surface area contributed by atoms with Crippen LogP contribution in [-0.4, -0.2) is 51.8 Å². The average Bonchev–Trinajstić information content (AvgIpc) is 2.64. The van der Waals surface area contributed by atoms with E-state index in [1.54, 1.807) is 12.1 Å². The van der Waals surface area contributed by atoms with Crippen molar-refractivity contribution in [2.75, 3.05) is 26.4 Å². The molecular formula is C20H33N3O3S. The van der Waals surface area contributed by atoms with Crippen LogP contribution in [0.2, 0.25) is 0 Å². The van der Waals surface area contributed by atoms with Crippen molar-refractivity contribution >= 4 is 15.9 Å². The smallest absolute Gasteiger partial charge is 0.315 e. The molecule has 2 rings (SSSR count). The van der Waals surface area contributed by atoms with Crippen LogP contribution in [0.5, 0.6) is 0 Å². The summed E-state index contributed by atoms with van der Waals surface area (Å²) in [6.45, 7) is 2.09. The Bertz CT molecular complexity index is 683. The van der Waals surface area contributed by atoms with Crippen LogP contribution in [0.15, 0.2) is 24.3 Å². The number of amides is 2. The first-order valence-corrected chi connectivity index (χ1v) is 11.9. The van der Waals surface area contributed by atoms with Crippen LogP contribution in [0.3, 0.4) is 0 Å². The fourth-order valence-electron chi connectivity index (χ4n) is 3.54. The zero-order valence-corrected chi connectivity index (χ0v) is 17.4. The molecule has 0 unspecified atom stereocenters. The van der Waals surface area contributed by atoms with E-state index in [0.29, 0.717) is 19.1 Å². The quantitative estimate of drug-likeness (QED) is 0.630. The third kappa shape index (κ3) is 8.75. The zero-order chi connectivity index (χ0) is 19.7. The van der Waals surface area contributed by atoms with Gasteiger partial charge in [-0.3, -0.25) is 0 Å². The predicted molar refractivity (Wildman–Crippen MR) is 109 cm³/mol. The number of carbonyl (C=O) groups excluding carboxylic acids is 1. The Morgan fingerprint density at radius 1 is 1.07 bits per heavy atom. The van der Waals surface area contributed by atoms with E-state index < -0.39 is 9.84 Å². The molecule has 6 nitrogen and oxygen atoms in total. The number of rotatable bonds is 9. The molecule has 1 aromatic rings. The minimum atomic E-state index is -3.03. The van der Waals surface area contributed by atoms with Crippen LogP contribution in [0.25, 0.3) is 0 Å². The fraction of sp³-hybridized carbons (Fsp3) is 0.650. The normalized spacial score (nSPS) is 15.7. The average molecular weight is 396 g/mol. The van der Waals surface area contributed by atoms with E-state index in [9.17, 15) is 13.2 Å². The van der Waals surface area contributed by atoms with Gasteiger partial charge >= 0.3 is 6.03 Å². The highest BCUT2D eigenvalue weighted by molar-refractivity contribution is 7.89. The van der Waals surface area contributed by atoms with E-state index in [1.807, 2.05) is 12.1 Å². The molecule has 1 aliphatic carbocycles. The molecule has 0 aromatic heterocycles. The van der Waals surface area contributed by atoms with Gasteiger partial charge in [-0.2, -0.15) is 0 Å². The highest BCUT2D eigenvalue weighted by atomic mass is 32.2. The molecule has 0 bridgehead atoms. The van der Waals surface area contributed by atoms with Crippen LogP contribution in [0, 0.1) is 0 Å². The first-order chi connectivity index (χ1) is 12.8. The molecule has 7 heteroatoms. The van der Waals surface area contributed by atoms with Gasteiger partial charge in [0.05, 0.1) is 5.75 Å². The Labute approximate surface area is 163 Å². The molecule has 0 saturated heterocycles. The lowest BCUT2D eigenvalue weighted by molar-refractivity contribution is 0.189. The number of benzene rings is 1. The van der Waals surface area contributed by atoms with E-state index in [-0.39, 0.29) is 11.8 Å². The van der Waals surface area contributed by atoms with Crippen molar-refractivity contribution in [1.82, 2.24) is 15.5 Å². The van der Waals surface area contributed by atoms with Gasteiger partial charge in [0.15, 0.2) is 9.84 Å². The van der Waals surface area contributed by atoms with Gasteiger partial charge in [-0.05, 0) is 44.0 Å². The molecule has 0 atom stereocenters. The Morgan fingerprint density at radius 2 is 1.70 bits per heavy atom. The van der Waals surface area contributed by atoms with Crippen LogP contribution < -0.4 is 10.6 Å². The topological polar surface area (TPSA) is 78.5 Å². The third-order valence-corrected chi connectivity index (χ3v) is 5.93. The summed E-state index contributed by atoms with van der Waals surface area (Å²) in [6.07, 6.45) is 8.81. The number of urea groups is 1. The first kappa shape index (κ1) is 21.7. The Hall–Kier alpha value is -1.60. The number of carbonyl (C=O) groups is 1. The number of hydrogen-bond donors (Lipinski definition) is 2. The fourth-order valence-corrected chi connectivity index (χ4v) is 4.33. The third-order valence-electron chi connectivity index (χ3n) is 5.08. The van der Waals surface area contributed by atoms with Crippen molar-refractivity contribution in [3.63, 3.8) is 0 Å². The summed E-state index contributed by atoms with van der Waals surface area (Å²) in [5.41, 5.74) is 1.70. The SMILES string of the molecule is CN(CCCNC(=O)NCc1ccc(CS(C)(=O)=O)cc1)C1CCCCC1. The van der Waals surface area contributed by atoms with E-state index in [1.165, 1.54) is 38.4 Å². The van der Waals surface area contributed by atoms with Crippen LogP contribution in [0.1, 0.15) is 49.7 Å². The van der Waals surface area contributed by atoms with E-state index in [0.717, 1.165) is 24.1 Å². The van der Waals surface area contributed by atoms with Crippen molar-refractivity contribution in [2.45, 2.75) is 56.9 Å². The van der Waals surface area contributed by atoms with Crippen LogP contribution in [-0.2, 0) is 22.1 Å². The lowest BCUT2D eigenvalue weighted by Gasteiger charge is -2.31. The Kier molecular flexibility index (Phi) is 8.57. The van der Waals surface area contributed by atoms with Crippen molar-refractivity contribution in [3.05, 3.63) is 35.4 Å². The molecule has 0 radical (unpaired) electrons. The standard InChI is InChI=1S/C20H33N3O3S/c1-23(19-7-4-3-5-8-19)14-6-13-21-20(24)22-15-17-9-11-18(12-10-17)16-27(2,25)26/h9-12,19H,3-8,13-16H2,1-2H3,(H2,21,22,24). The maximum atomic E-state index is 11.9. The summed E-state index contributed by atoms with van der Waals surface area (Å²) in [7, 11) is -0.841. The minimum Gasteiger partial charge on any atom is -0.338 e. The van der Waals surface area contributed by atoms with Crippen LogP contribution >= 0.6 is 0 Å². The van der Waals surface area contributed by atoms with E-state index in [2.05, 4.69) is 22.6 Å². The predicted octanol–water partition coefficient (Wildman–Crippen LogP) is 2.69. The van der Waals surface area contributed by atoms with Crippen molar-refractivity contribution in [2.24, 2.45) is 0 Å². The van der Waals surface area contributed by atoms with Crippen molar-refractivity contribution in [3.8, 4) is 0 Å². The monoisotopic (exact) mass is 395 g/mol. The molecule has 152 valence electrons. The van der Waals surface area contributed by atoms with Gasteiger partial charge in [0.2, 0.25) is 0 Å². The Balaban J connectivity index is 1.60. The number of nitrogens with one attached hydrogen (secondary N) is 2. The van der Waals surface area contributed by atoms with Gasteiger partial charge < -0.3 is 15.5 Å². The molecular weight excluding hydrogens is 362 g/mol. The molecule has 1 aliphatic rings. The molecule has 1 aromatic carbocycles. The molecule has 27 heavy (non-hydrogen) atoms.